The summed E-state index contributed by atoms with van der Waals surface area (Å²) in [4.78, 5) is 11.6. The molecule has 0 aromatic heterocycles. The minimum atomic E-state index is -3.26. The van der Waals surface area contributed by atoms with Crippen LogP contribution in [-0.2, 0) is 14.6 Å². The van der Waals surface area contributed by atoms with Gasteiger partial charge >= 0.3 is 0 Å². The fourth-order valence-corrected chi connectivity index (χ4v) is 2.43. The van der Waals surface area contributed by atoms with Crippen molar-refractivity contribution >= 4 is 21.4 Å². The maximum Gasteiger partial charge on any atom is 0.238 e. The highest BCUT2D eigenvalue weighted by Crippen LogP contribution is 2.18. The van der Waals surface area contributed by atoms with E-state index in [9.17, 15) is 13.2 Å². The molecule has 2 N–H and O–H groups in total. The minimum absolute atomic E-state index is 0.169. The first-order chi connectivity index (χ1) is 8.37. The fourth-order valence-electron chi connectivity index (χ4n) is 1.37. The van der Waals surface area contributed by atoms with Gasteiger partial charge in [-0.05, 0) is 45.2 Å². The summed E-state index contributed by atoms with van der Waals surface area (Å²) in [6.45, 7) is 3.49. The molecule has 1 rings (SSSR count). The van der Waals surface area contributed by atoms with Crippen LogP contribution in [0.25, 0.3) is 0 Å². The molecule has 1 aromatic rings. The van der Waals surface area contributed by atoms with E-state index in [-0.39, 0.29) is 17.3 Å². The van der Waals surface area contributed by atoms with Gasteiger partial charge in [0.2, 0.25) is 5.91 Å². The second kappa shape index (κ2) is 5.97. The summed E-state index contributed by atoms with van der Waals surface area (Å²) in [5.74, 6) is -0.169. The van der Waals surface area contributed by atoms with Crippen molar-refractivity contribution in [3.05, 3.63) is 24.3 Å². The van der Waals surface area contributed by atoms with Crippen LogP contribution in [0.5, 0.6) is 0 Å². The lowest BCUT2D eigenvalue weighted by Crippen LogP contribution is -2.25. The maximum absolute atomic E-state index is 11.9. The molecule has 0 saturated carbocycles. The van der Waals surface area contributed by atoms with Crippen molar-refractivity contribution < 1.29 is 13.2 Å². The number of carbonyl (C=O) groups excluding carboxylic acids is 1. The van der Waals surface area contributed by atoms with Crippen molar-refractivity contribution in [3.8, 4) is 0 Å². The standard InChI is InChI=1S/C12H18N2O3S/c1-9(2)18(16,17)11-6-4-10(5-7-11)14-12(15)8-13-3/h4-7,9,13H,8H2,1-3H3,(H,14,15). The Bertz CT molecular complexity index is 507. The Morgan fingerprint density at radius 1 is 1.22 bits per heavy atom. The average molecular weight is 270 g/mol. The summed E-state index contributed by atoms with van der Waals surface area (Å²) in [5.41, 5.74) is 0.581. The van der Waals surface area contributed by atoms with Gasteiger partial charge in [0.05, 0.1) is 16.7 Å². The van der Waals surface area contributed by atoms with Crippen LogP contribution in [0.4, 0.5) is 5.69 Å². The van der Waals surface area contributed by atoms with Crippen molar-refractivity contribution in [2.75, 3.05) is 18.9 Å². The molecule has 0 fully saturated rings. The van der Waals surface area contributed by atoms with Gasteiger partial charge in [0.1, 0.15) is 0 Å². The van der Waals surface area contributed by atoms with Gasteiger partial charge in [-0.15, -0.1) is 0 Å². The third kappa shape index (κ3) is 3.54. The summed E-state index contributed by atoms with van der Waals surface area (Å²) >= 11 is 0. The van der Waals surface area contributed by atoms with E-state index >= 15 is 0 Å². The number of hydrogen-bond acceptors (Lipinski definition) is 4. The lowest BCUT2D eigenvalue weighted by molar-refractivity contribution is -0.115. The highest BCUT2D eigenvalue weighted by molar-refractivity contribution is 7.92. The molecule has 100 valence electrons. The van der Waals surface area contributed by atoms with Gasteiger partial charge in [-0.25, -0.2) is 8.42 Å². The topological polar surface area (TPSA) is 75.3 Å². The fraction of sp³-hybridized carbons (Fsp3) is 0.417. The first-order valence-electron chi connectivity index (χ1n) is 5.66. The maximum atomic E-state index is 11.9. The molecule has 0 aliphatic heterocycles. The SMILES string of the molecule is CNCC(=O)Nc1ccc(S(=O)(=O)C(C)C)cc1. The molecule has 1 amide bonds. The second-order valence-corrected chi connectivity index (χ2v) is 6.70. The highest BCUT2D eigenvalue weighted by atomic mass is 32.2. The molecule has 0 saturated heterocycles. The summed E-state index contributed by atoms with van der Waals surface area (Å²) in [6, 6.07) is 6.18. The Morgan fingerprint density at radius 2 is 1.78 bits per heavy atom. The molecule has 0 unspecified atom stereocenters. The zero-order valence-corrected chi connectivity index (χ0v) is 11.5. The highest BCUT2D eigenvalue weighted by Gasteiger charge is 2.18. The van der Waals surface area contributed by atoms with E-state index in [0.29, 0.717) is 5.69 Å². The molecular weight excluding hydrogens is 252 g/mol. The first kappa shape index (κ1) is 14.7. The van der Waals surface area contributed by atoms with Crippen LogP contribution in [0.15, 0.2) is 29.2 Å². The van der Waals surface area contributed by atoms with E-state index in [1.807, 2.05) is 0 Å². The lowest BCUT2D eigenvalue weighted by atomic mass is 10.3. The minimum Gasteiger partial charge on any atom is -0.325 e. The van der Waals surface area contributed by atoms with Gasteiger partial charge < -0.3 is 10.6 Å². The van der Waals surface area contributed by atoms with Crippen LogP contribution in [0, 0.1) is 0 Å². The normalized spacial score (nSPS) is 11.6. The number of hydrogen-bond donors (Lipinski definition) is 2. The third-order valence-electron chi connectivity index (χ3n) is 2.42. The molecule has 0 aliphatic carbocycles. The number of rotatable bonds is 5. The Balaban J connectivity index is 2.84. The molecule has 0 radical (unpaired) electrons. The van der Waals surface area contributed by atoms with Gasteiger partial charge in [-0.2, -0.15) is 0 Å². The van der Waals surface area contributed by atoms with Gasteiger partial charge in [-0.1, -0.05) is 0 Å². The van der Waals surface area contributed by atoms with Crippen LogP contribution in [0.2, 0.25) is 0 Å². The van der Waals surface area contributed by atoms with Gasteiger partial charge in [-0.3, -0.25) is 4.79 Å². The average Bonchev–Trinajstić information content (AvgIpc) is 2.29. The molecule has 1 aromatic carbocycles. The Labute approximate surface area is 108 Å². The molecule has 18 heavy (non-hydrogen) atoms. The van der Waals surface area contributed by atoms with E-state index < -0.39 is 15.1 Å². The van der Waals surface area contributed by atoms with Crippen LogP contribution in [-0.4, -0.2) is 33.2 Å². The predicted octanol–water partition coefficient (Wildman–Crippen LogP) is 1.03. The van der Waals surface area contributed by atoms with Crippen LogP contribution >= 0.6 is 0 Å². The summed E-state index contributed by atoms with van der Waals surface area (Å²) in [5, 5.41) is 4.93. The van der Waals surface area contributed by atoms with E-state index in [2.05, 4.69) is 10.6 Å². The smallest absolute Gasteiger partial charge is 0.238 e. The molecule has 0 spiro atoms. The van der Waals surface area contributed by atoms with Crippen LogP contribution in [0.1, 0.15) is 13.8 Å². The molecule has 0 atom stereocenters. The quantitative estimate of drug-likeness (QED) is 0.838. The number of carbonyl (C=O) groups is 1. The molecule has 6 heteroatoms. The van der Waals surface area contributed by atoms with E-state index in [1.54, 1.807) is 33.0 Å². The van der Waals surface area contributed by atoms with Gasteiger partial charge in [0.15, 0.2) is 9.84 Å². The number of anilines is 1. The van der Waals surface area contributed by atoms with Crippen molar-refractivity contribution in [2.45, 2.75) is 24.0 Å². The zero-order chi connectivity index (χ0) is 13.8. The van der Waals surface area contributed by atoms with Crippen LogP contribution < -0.4 is 10.6 Å². The molecule has 0 heterocycles. The number of likely N-dealkylation sites (N-methyl/N-ethyl adjacent to an activating group) is 1. The monoisotopic (exact) mass is 270 g/mol. The number of benzene rings is 1. The summed E-state index contributed by atoms with van der Waals surface area (Å²) < 4.78 is 23.7. The largest absolute Gasteiger partial charge is 0.325 e. The van der Waals surface area contributed by atoms with Crippen molar-refractivity contribution in [2.24, 2.45) is 0 Å². The predicted molar refractivity (Wildman–Crippen MR) is 71.3 cm³/mol. The second-order valence-electron chi connectivity index (χ2n) is 4.20. The van der Waals surface area contributed by atoms with Gasteiger partial charge in [0.25, 0.3) is 0 Å². The zero-order valence-electron chi connectivity index (χ0n) is 10.7. The molecule has 5 nitrogen and oxygen atoms in total. The summed E-state index contributed by atoms with van der Waals surface area (Å²) in [7, 11) is -1.58. The van der Waals surface area contributed by atoms with Crippen molar-refractivity contribution in [3.63, 3.8) is 0 Å². The number of amides is 1. The Hall–Kier alpha value is -1.40. The molecule has 0 aliphatic rings. The molecular formula is C12H18N2O3S. The number of sulfone groups is 1. The van der Waals surface area contributed by atoms with E-state index in [1.165, 1.54) is 12.1 Å². The summed E-state index contributed by atoms with van der Waals surface area (Å²) in [6.07, 6.45) is 0. The van der Waals surface area contributed by atoms with E-state index in [4.69, 9.17) is 0 Å². The van der Waals surface area contributed by atoms with E-state index in [0.717, 1.165) is 0 Å². The molecule has 0 bridgehead atoms. The lowest BCUT2D eigenvalue weighted by Gasteiger charge is -2.09. The van der Waals surface area contributed by atoms with Crippen LogP contribution in [0.3, 0.4) is 0 Å². The van der Waals surface area contributed by atoms with Crippen molar-refractivity contribution in [1.82, 2.24) is 5.32 Å². The third-order valence-corrected chi connectivity index (χ3v) is 4.59. The van der Waals surface area contributed by atoms with Gasteiger partial charge in [0, 0.05) is 5.69 Å². The Kier molecular flexibility index (Phi) is 4.86. The first-order valence-corrected chi connectivity index (χ1v) is 7.21. The van der Waals surface area contributed by atoms with Crippen molar-refractivity contribution in [1.29, 1.82) is 0 Å². The number of nitrogens with one attached hydrogen (secondary N) is 2. The Morgan fingerprint density at radius 3 is 2.22 bits per heavy atom.